The number of hydrogen-bond donors (Lipinski definition) is 1. The normalized spacial score (nSPS) is 17.9. The van der Waals surface area contributed by atoms with Gasteiger partial charge in [-0.3, -0.25) is 10.1 Å². The summed E-state index contributed by atoms with van der Waals surface area (Å²) in [5.74, 6) is -1.29. The second kappa shape index (κ2) is 10.2. The Kier molecular flexibility index (Phi) is 7.41. The van der Waals surface area contributed by atoms with E-state index in [2.05, 4.69) is 5.32 Å². The predicted octanol–water partition coefficient (Wildman–Crippen LogP) is 3.77. The second-order valence-corrected chi connectivity index (χ2v) is 7.92. The van der Waals surface area contributed by atoms with Gasteiger partial charge in [-0.15, -0.1) is 0 Å². The van der Waals surface area contributed by atoms with Gasteiger partial charge in [0.25, 0.3) is 0 Å². The van der Waals surface area contributed by atoms with Gasteiger partial charge < -0.3 is 9.47 Å². The van der Waals surface area contributed by atoms with Crippen molar-refractivity contribution in [2.75, 3.05) is 13.3 Å². The standard InChI is InChI=1S/C24H28N2O5/c1-16(2)20-14-30-24(29)26(20)22(27)17(3)21(18-10-6-4-7-11-18)25-15-31-23(28)19-12-8-5-9-13-19/h4-13,16-17,20-21,25H,14-15H2,1-3H3/t17-,20-,21-/m1/s1. The van der Waals surface area contributed by atoms with Crippen molar-refractivity contribution >= 4 is 18.0 Å². The first kappa shape index (κ1) is 22.5. The summed E-state index contributed by atoms with van der Waals surface area (Å²) in [7, 11) is 0. The molecule has 2 aromatic rings. The van der Waals surface area contributed by atoms with Gasteiger partial charge in [-0.1, -0.05) is 69.3 Å². The fraction of sp³-hybridized carbons (Fsp3) is 0.375. The first-order chi connectivity index (χ1) is 14.9. The smallest absolute Gasteiger partial charge is 0.416 e. The van der Waals surface area contributed by atoms with Crippen LogP contribution in [0.3, 0.4) is 0 Å². The zero-order chi connectivity index (χ0) is 22.4. The number of benzene rings is 2. The van der Waals surface area contributed by atoms with Crippen LogP contribution in [-0.2, 0) is 14.3 Å². The molecule has 0 bridgehead atoms. The van der Waals surface area contributed by atoms with Crippen LogP contribution in [-0.4, -0.2) is 42.2 Å². The van der Waals surface area contributed by atoms with Crippen LogP contribution >= 0.6 is 0 Å². The van der Waals surface area contributed by atoms with E-state index in [1.54, 1.807) is 31.2 Å². The molecule has 7 nitrogen and oxygen atoms in total. The lowest BCUT2D eigenvalue weighted by molar-refractivity contribution is -0.134. The maximum absolute atomic E-state index is 13.3. The number of esters is 1. The van der Waals surface area contributed by atoms with Crippen molar-refractivity contribution in [3.05, 3.63) is 71.8 Å². The van der Waals surface area contributed by atoms with Crippen molar-refractivity contribution in [1.29, 1.82) is 0 Å². The topological polar surface area (TPSA) is 84.9 Å². The third kappa shape index (κ3) is 5.30. The number of ether oxygens (including phenoxy) is 2. The minimum absolute atomic E-state index is 0.0804. The van der Waals surface area contributed by atoms with Gasteiger partial charge in [-0.25, -0.2) is 14.5 Å². The maximum atomic E-state index is 13.3. The second-order valence-electron chi connectivity index (χ2n) is 7.92. The first-order valence-electron chi connectivity index (χ1n) is 10.4. The van der Waals surface area contributed by atoms with Crippen molar-refractivity contribution in [2.24, 2.45) is 11.8 Å². The molecule has 1 heterocycles. The molecule has 1 fully saturated rings. The molecule has 3 rings (SSSR count). The van der Waals surface area contributed by atoms with E-state index in [1.807, 2.05) is 50.2 Å². The Hall–Kier alpha value is -3.19. The van der Waals surface area contributed by atoms with Gasteiger partial charge in [0.05, 0.1) is 17.5 Å². The number of hydrogen-bond acceptors (Lipinski definition) is 6. The van der Waals surface area contributed by atoms with Crippen molar-refractivity contribution in [3.63, 3.8) is 0 Å². The molecule has 1 saturated heterocycles. The molecular weight excluding hydrogens is 396 g/mol. The molecule has 7 heteroatoms. The Bertz CT molecular complexity index is 901. The van der Waals surface area contributed by atoms with E-state index in [4.69, 9.17) is 9.47 Å². The van der Waals surface area contributed by atoms with Crippen molar-refractivity contribution in [1.82, 2.24) is 10.2 Å². The molecule has 0 aromatic heterocycles. The van der Waals surface area contributed by atoms with Crippen LogP contribution in [0.25, 0.3) is 0 Å². The maximum Gasteiger partial charge on any atom is 0.416 e. The molecule has 0 spiro atoms. The van der Waals surface area contributed by atoms with Crippen LogP contribution in [0.2, 0.25) is 0 Å². The predicted molar refractivity (Wildman–Crippen MR) is 115 cm³/mol. The molecule has 0 saturated carbocycles. The van der Waals surface area contributed by atoms with Gasteiger partial charge in [-0.2, -0.15) is 0 Å². The summed E-state index contributed by atoms with van der Waals surface area (Å²) in [5.41, 5.74) is 1.30. The zero-order valence-electron chi connectivity index (χ0n) is 18.0. The van der Waals surface area contributed by atoms with E-state index in [-0.39, 0.29) is 31.2 Å². The fourth-order valence-corrected chi connectivity index (χ4v) is 3.64. The molecule has 164 valence electrons. The number of imide groups is 1. The first-order valence-corrected chi connectivity index (χ1v) is 10.4. The van der Waals surface area contributed by atoms with Gasteiger partial charge >= 0.3 is 12.1 Å². The summed E-state index contributed by atoms with van der Waals surface area (Å²) in [6.07, 6.45) is -0.613. The average molecular weight is 424 g/mol. The van der Waals surface area contributed by atoms with Crippen LogP contribution in [0.4, 0.5) is 4.79 Å². The minimum Gasteiger partial charge on any atom is -0.447 e. The molecule has 1 aliphatic heterocycles. The third-order valence-electron chi connectivity index (χ3n) is 5.48. The highest BCUT2D eigenvalue weighted by Gasteiger charge is 2.42. The number of carbonyl (C=O) groups is 3. The molecular formula is C24H28N2O5. The van der Waals surface area contributed by atoms with Crippen LogP contribution in [0.15, 0.2) is 60.7 Å². The number of nitrogens with zero attached hydrogens (tertiary/aromatic N) is 1. The molecule has 1 N–H and O–H groups in total. The number of nitrogens with one attached hydrogen (secondary N) is 1. The SMILES string of the molecule is CC(C)[C@H]1COC(=O)N1C(=O)[C@H](C)[C@@H](NCOC(=O)c1ccccc1)c1ccccc1. The zero-order valence-corrected chi connectivity index (χ0v) is 18.0. The highest BCUT2D eigenvalue weighted by Crippen LogP contribution is 2.28. The van der Waals surface area contributed by atoms with E-state index in [0.29, 0.717) is 5.56 Å². The molecule has 2 aromatic carbocycles. The summed E-state index contributed by atoms with van der Waals surface area (Å²) < 4.78 is 10.5. The van der Waals surface area contributed by atoms with Crippen LogP contribution in [0, 0.1) is 11.8 Å². The number of carbonyl (C=O) groups excluding carboxylic acids is 3. The minimum atomic E-state index is -0.613. The Morgan fingerprint density at radius 2 is 1.68 bits per heavy atom. The quantitative estimate of drug-likeness (QED) is 0.513. The monoisotopic (exact) mass is 424 g/mol. The van der Waals surface area contributed by atoms with Crippen molar-refractivity contribution in [2.45, 2.75) is 32.9 Å². The van der Waals surface area contributed by atoms with E-state index in [9.17, 15) is 14.4 Å². The van der Waals surface area contributed by atoms with Gasteiger partial charge in [0.15, 0.2) is 0 Å². The van der Waals surface area contributed by atoms with Crippen LogP contribution in [0.5, 0.6) is 0 Å². The van der Waals surface area contributed by atoms with E-state index in [1.165, 1.54) is 4.90 Å². The lowest BCUT2D eigenvalue weighted by Gasteiger charge is -2.30. The van der Waals surface area contributed by atoms with E-state index in [0.717, 1.165) is 5.56 Å². The summed E-state index contributed by atoms with van der Waals surface area (Å²) in [6.45, 7) is 5.78. The molecule has 1 aliphatic rings. The summed E-state index contributed by atoms with van der Waals surface area (Å²) >= 11 is 0. The van der Waals surface area contributed by atoms with Crippen LogP contribution < -0.4 is 5.32 Å². The van der Waals surface area contributed by atoms with E-state index < -0.39 is 24.0 Å². The Labute approximate surface area is 182 Å². The van der Waals surface area contributed by atoms with Gasteiger partial charge in [-0.05, 0) is 23.6 Å². The van der Waals surface area contributed by atoms with Gasteiger partial charge in [0, 0.05) is 6.04 Å². The summed E-state index contributed by atoms with van der Waals surface area (Å²) in [4.78, 5) is 39.0. The molecule has 2 amide bonds. The Balaban J connectivity index is 1.73. The molecule has 0 aliphatic carbocycles. The molecule has 3 atom stereocenters. The molecule has 0 radical (unpaired) electrons. The van der Waals surface area contributed by atoms with Crippen molar-refractivity contribution in [3.8, 4) is 0 Å². The highest BCUT2D eigenvalue weighted by atomic mass is 16.6. The lowest BCUT2D eigenvalue weighted by Crippen LogP contribution is -2.47. The number of rotatable bonds is 8. The average Bonchev–Trinajstić information content (AvgIpc) is 3.18. The molecule has 0 unspecified atom stereocenters. The third-order valence-corrected chi connectivity index (χ3v) is 5.48. The Morgan fingerprint density at radius 3 is 2.29 bits per heavy atom. The number of amides is 2. The number of cyclic esters (lactones) is 1. The van der Waals surface area contributed by atoms with Crippen LogP contribution in [0.1, 0.15) is 42.7 Å². The largest absolute Gasteiger partial charge is 0.447 e. The fourth-order valence-electron chi connectivity index (χ4n) is 3.64. The summed E-state index contributed by atoms with van der Waals surface area (Å²) in [6, 6.07) is 17.4. The van der Waals surface area contributed by atoms with Gasteiger partial charge in [0.2, 0.25) is 5.91 Å². The van der Waals surface area contributed by atoms with E-state index >= 15 is 0 Å². The molecule has 31 heavy (non-hydrogen) atoms. The Morgan fingerprint density at radius 1 is 1.06 bits per heavy atom. The lowest BCUT2D eigenvalue weighted by atomic mass is 9.92. The summed E-state index contributed by atoms with van der Waals surface area (Å²) in [5, 5.41) is 3.16. The van der Waals surface area contributed by atoms with Gasteiger partial charge in [0.1, 0.15) is 13.3 Å². The highest BCUT2D eigenvalue weighted by molar-refractivity contribution is 5.95. The van der Waals surface area contributed by atoms with Crippen molar-refractivity contribution < 1.29 is 23.9 Å².